The van der Waals surface area contributed by atoms with Crippen molar-refractivity contribution in [2.24, 2.45) is 0 Å². The van der Waals surface area contributed by atoms with Crippen molar-refractivity contribution in [1.82, 2.24) is 0 Å². The fraction of sp³-hybridized carbons (Fsp3) is 0.444. The van der Waals surface area contributed by atoms with Gasteiger partial charge in [-0.25, -0.2) is 0 Å². The van der Waals surface area contributed by atoms with E-state index < -0.39 is 11.9 Å². The van der Waals surface area contributed by atoms with E-state index in [9.17, 15) is 9.59 Å². The Labute approximate surface area is 131 Å². The molecule has 0 atom stereocenters. The summed E-state index contributed by atoms with van der Waals surface area (Å²) in [6.07, 6.45) is 3.47. The highest BCUT2D eigenvalue weighted by molar-refractivity contribution is 5.69. The molecule has 4 nitrogen and oxygen atoms in total. The molecule has 0 amide bonds. The summed E-state index contributed by atoms with van der Waals surface area (Å²) in [4.78, 5) is 20.4. The Morgan fingerprint density at radius 1 is 0.636 bits per heavy atom. The van der Waals surface area contributed by atoms with Crippen molar-refractivity contribution in [3.8, 4) is 47.4 Å². The van der Waals surface area contributed by atoms with Gasteiger partial charge in [-0.05, 0) is 12.8 Å². The van der Waals surface area contributed by atoms with Crippen molar-refractivity contribution < 1.29 is 19.8 Å². The van der Waals surface area contributed by atoms with Crippen LogP contribution in [0.1, 0.15) is 51.4 Å². The standard InChI is InChI=1S/C18H18O4/c19-17(20)15-13-11-9-7-5-3-1-2-4-6-8-10-12-14-16-18(21)22/h3-4,9-11,13,15-16H2,(H,19,20)(H,21,22). The van der Waals surface area contributed by atoms with Gasteiger partial charge in [-0.15, -0.1) is 5.92 Å². The highest BCUT2D eigenvalue weighted by Crippen LogP contribution is 1.98. The quantitative estimate of drug-likeness (QED) is 0.603. The number of rotatable bonds is 5. The topological polar surface area (TPSA) is 74.6 Å². The number of carboxylic acid groups (broad SMARTS) is 2. The molecule has 0 heterocycles. The lowest BCUT2D eigenvalue weighted by Crippen LogP contribution is -1.92. The fourth-order valence-corrected chi connectivity index (χ4v) is 1.22. The number of aliphatic carboxylic acids is 2. The number of carboxylic acids is 2. The third-order valence-electron chi connectivity index (χ3n) is 2.21. The third-order valence-corrected chi connectivity index (χ3v) is 2.21. The van der Waals surface area contributed by atoms with Crippen LogP contribution in [-0.4, -0.2) is 22.2 Å². The first kappa shape index (κ1) is 19.2. The molecule has 0 aliphatic rings. The molecular weight excluding hydrogens is 280 g/mol. The number of unbranched alkanes of at least 4 members (excludes halogenated alkanes) is 2. The normalized spacial score (nSPS) is 7.82. The molecule has 0 fully saturated rings. The van der Waals surface area contributed by atoms with Crippen molar-refractivity contribution in [2.75, 3.05) is 0 Å². The summed E-state index contributed by atoms with van der Waals surface area (Å²) in [5, 5.41) is 16.8. The Balaban J connectivity index is 3.63. The van der Waals surface area contributed by atoms with Gasteiger partial charge >= 0.3 is 11.9 Å². The van der Waals surface area contributed by atoms with E-state index in [2.05, 4.69) is 47.4 Å². The van der Waals surface area contributed by atoms with Gasteiger partial charge in [0.1, 0.15) is 6.42 Å². The predicted octanol–water partition coefficient (Wildman–Crippen LogP) is 2.29. The SMILES string of the molecule is O=C(O)CC#CCC#CCC#CCC#CCCCCC(=O)O. The number of hydrogen-bond acceptors (Lipinski definition) is 2. The highest BCUT2D eigenvalue weighted by atomic mass is 16.4. The van der Waals surface area contributed by atoms with E-state index in [1.807, 2.05) is 0 Å². The van der Waals surface area contributed by atoms with E-state index in [1.54, 1.807) is 0 Å². The Bertz CT molecular complexity index is 600. The smallest absolute Gasteiger partial charge is 0.315 e. The van der Waals surface area contributed by atoms with Gasteiger partial charge in [0.25, 0.3) is 0 Å². The Hall–Kier alpha value is -2.82. The van der Waals surface area contributed by atoms with Gasteiger partial charge < -0.3 is 10.2 Å². The van der Waals surface area contributed by atoms with Gasteiger partial charge in [0, 0.05) is 12.8 Å². The van der Waals surface area contributed by atoms with Gasteiger partial charge in [-0.2, -0.15) is 0 Å². The summed E-state index contributed by atoms with van der Waals surface area (Å²) in [5.74, 6) is 20.6. The second kappa shape index (κ2) is 14.6. The summed E-state index contributed by atoms with van der Waals surface area (Å²) < 4.78 is 0. The maximum absolute atomic E-state index is 10.3. The molecule has 0 bridgehead atoms. The van der Waals surface area contributed by atoms with Crippen LogP contribution < -0.4 is 0 Å². The van der Waals surface area contributed by atoms with E-state index in [0.717, 1.165) is 6.42 Å². The summed E-state index contributed by atoms with van der Waals surface area (Å²) in [6.45, 7) is 0. The van der Waals surface area contributed by atoms with Crippen LogP contribution >= 0.6 is 0 Å². The third kappa shape index (κ3) is 17.2. The Morgan fingerprint density at radius 2 is 1.14 bits per heavy atom. The first-order valence-corrected chi connectivity index (χ1v) is 6.89. The lowest BCUT2D eigenvalue weighted by molar-refractivity contribution is -0.137. The maximum Gasteiger partial charge on any atom is 0.315 e. The van der Waals surface area contributed by atoms with Crippen LogP contribution in [-0.2, 0) is 9.59 Å². The van der Waals surface area contributed by atoms with E-state index >= 15 is 0 Å². The van der Waals surface area contributed by atoms with Gasteiger partial charge in [-0.1, -0.05) is 41.4 Å². The molecule has 2 N–H and O–H groups in total. The van der Waals surface area contributed by atoms with Gasteiger partial charge in [0.05, 0.1) is 19.3 Å². The summed E-state index contributed by atoms with van der Waals surface area (Å²) in [7, 11) is 0. The molecule has 0 aromatic rings. The van der Waals surface area contributed by atoms with E-state index in [1.165, 1.54) is 0 Å². The lowest BCUT2D eigenvalue weighted by atomic mass is 10.2. The monoisotopic (exact) mass is 298 g/mol. The molecule has 0 aliphatic heterocycles. The van der Waals surface area contributed by atoms with Crippen LogP contribution in [0.15, 0.2) is 0 Å². The number of carbonyl (C=O) groups is 2. The molecule has 4 heteroatoms. The Morgan fingerprint density at radius 3 is 1.64 bits per heavy atom. The van der Waals surface area contributed by atoms with Crippen molar-refractivity contribution in [3.05, 3.63) is 0 Å². The van der Waals surface area contributed by atoms with E-state index in [4.69, 9.17) is 10.2 Å². The molecular formula is C18H18O4. The molecule has 0 unspecified atom stereocenters. The van der Waals surface area contributed by atoms with Crippen molar-refractivity contribution in [2.45, 2.75) is 51.4 Å². The average molecular weight is 298 g/mol. The second-order valence-electron chi connectivity index (χ2n) is 4.12. The van der Waals surface area contributed by atoms with Crippen LogP contribution in [0.2, 0.25) is 0 Å². The zero-order valence-corrected chi connectivity index (χ0v) is 12.4. The van der Waals surface area contributed by atoms with E-state index in [-0.39, 0.29) is 12.8 Å². The van der Waals surface area contributed by atoms with Gasteiger partial charge in [0.15, 0.2) is 0 Å². The fourth-order valence-electron chi connectivity index (χ4n) is 1.22. The van der Waals surface area contributed by atoms with E-state index in [0.29, 0.717) is 32.1 Å². The first-order chi connectivity index (χ1) is 10.6. The van der Waals surface area contributed by atoms with Crippen LogP contribution in [0.25, 0.3) is 0 Å². The predicted molar refractivity (Wildman–Crippen MR) is 83.3 cm³/mol. The van der Waals surface area contributed by atoms with Gasteiger partial charge in [0.2, 0.25) is 0 Å². The largest absolute Gasteiger partial charge is 0.481 e. The molecule has 0 radical (unpaired) electrons. The molecule has 0 aromatic carbocycles. The molecule has 0 saturated carbocycles. The molecule has 22 heavy (non-hydrogen) atoms. The minimum absolute atomic E-state index is 0.156. The maximum atomic E-state index is 10.3. The minimum Gasteiger partial charge on any atom is -0.481 e. The van der Waals surface area contributed by atoms with Crippen molar-refractivity contribution >= 4 is 11.9 Å². The molecule has 0 rings (SSSR count). The first-order valence-electron chi connectivity index (χ1n) is 6.89. The minimum atomic E-state index is -0.936. The zero-order chi connectivity index (χ0) is 16.5. The summed E-state index contributed by atoms with van der Waals surface area (Å²) in [5.41, 5.74) is 0. The molecule has 0 saturated heterocycles. The second-order valence-corrected chi connectivity index (χ2v) is 4.12. The van der Waals surface area contributed by atoms with Gasteiger partial charge in [-0.3, -0.25) is 9.59 Å². The highest BCUT2D eigenvalue weighted by Gasteiger charge is 1.93. The summed E-state index contributed by atoms with van der Waals surface area (Å²) in [6, 6.07) is 0. The zero-order valence-electron chi connectivity index (χ0n) is 12.4. The molecule has 0 aromatic heterocycles. The Kier molecular flexibility index (Phi) is 12.7. The van der Waals surface area contributed by atoms with Crippen LogP contribution in [0.4, 0.5) is 0 Å². The van der Waals surface area contributed by atoms with Crippen LogP contribution in [0.5, 0.6) is 0 Å². The molecule has 0 spiro atoms. The molecule has 114 valence electrons. The van der Waals surface area contributed by atoms with Crippen molar-refractivity contribution in [1.29, 1.82) is 0 Å². The van der Waals surface area contributed by atoms with Crippen LogP contribution in [0.3, 0.4) is 0 Å². The average Bonchev–Trinajstić information content (AvgIpc) is 2.46. The lowest BCUT2D eigenvalue weighted by Gasteiger charge is -1.90. The van der Waals surface area contributed by atoms with Crippen LogP contribution in [0, 0.1) is 47.4 Å². The number of hydrogen-bond donors (Lipinski definition) is 2. The molecule has 0 aliphatic carbocycles. The van der Waals surface area contributed by atoms with Crippen molar-refractivity contribution in [3.63, 3.8) is 0 Å². The summed E-state index contributed by atoms with van der Waals surface area (Å²) >= 11 is 0.